The highest BCUT2D eigenvalue weighted by Crippen LogP contribution is 2.30. The third-order valence-corrected chi connectivity index (χ3v) is 5.13. The SMILES string of the molecule is CC.Cc1cc(C2C=NN(C)C2)c2ccc(CC3=CC=NCC(C(F)(F)F)=C3)cc2n1. The van der Waals surface area contributed by atoms with Crippen LogP contribution in [0.3, 0.4) is 0 Å². The van der Waals surface area contributed by atoms with E-state index in [4.69, 9.17) is 0 Å². The number of hydrogen-bond acceptors (Lipinski definition) is 4. The fourth-order valence-corrected chi connectivity index (χ4v) is 3.74. The molecule has 3 heterocycles. The molecule has 0 N–H and O–H groups in total. The van der Waals surface area contributed by atoms with Crippen molar-refractivity contribution in [3.05, 3.63) is 64.4 Å². The first-order valence-corrected chi connectivity index (χ1v) is 10.4. The van der Waals surface area contributed by atoms with Gasteiger partial charge < -0.3 is 0 Å². The summed E-state index contributed by atoms with van der Waals surface area (Å²) < 4.78 is 39.3. The topological polar surface area (TPSA) is 40.9 Å². The third-order valence-electron chi connectivity index (χ3n) is 5.13. The highest BCUT2D eigenvalue weighted by Gasteiger charge is 2.33. The van der Waals surface area contributed by atoms with Gasteiger partial charge in [0.2, 0.25) is 0 Å². The summed E-state index contributed by atoms with van der Waals surface area (Å²) in [6, 6.07) is 8.02. The fourth-order valence-electron chi connectivity index (χ4n) is 3.74. The zero-order valence-electron chi connectivity index (χ0n) is 18.2. The third kappa shape index (κ3) is 5.40. The van der Waals surface area contributed by atoms with E-state index in [0.717, 1.165) is 28.7 Å². The van der Waals surface area contributed by atoms with E-state index in [9.17, 15) is 13.2 Å². The Hall–Kier alpha value is -2.96. The standard InChI is InChI=1S/C22H21F3N4.C2H6/c1-14-7-20(17-11-27-29(2)13-17)19-4-3-15(10-21(19)28-14)8-16-5-6-26-12-18(9-16)22(23,24)25;1-2/h3-7,9-11,17H,8,12-13H2,1-2H3;1-2H3. The summed E-state index contributed by atoms with van der Waals surface area (Å²) >= 11 is 0. The summed E-state index contributed by atoms with van der Waals surface area (Å²) in [5.74, 6) is 0.202. The molecule has 0 saturated heterocycles. The van der Waals surface area contributed by atoms with Crippen LogP contribution in [0, 0.1) is 6.92 Å². The van der Waals surface area contributed by atoms with Gasteiger partial charge in [-0.2, -0.15) is 18.3 Å². The first-order valence-electron chi connectivity index (χ1n) is 10.4. The molecule has 164 valence electrons. The highest BCUT2D eigenvalue weighted by molar-refractivity contribution is 5.88. The van der Waals surface area contributed by atoms with Crippen LogP contribution in [0.1, 0.15) is 36.6 Å². The van der Waals surface area contributed by atoms with E-state index >= 15 is 0 Å². The van der Waals surface area contributed by atoms with Gasteiger partial charge in [0, 0.05) is 43.0 Å². The number of aliphatic imine (C=N–C) groups is 1. The van der Waals surface area contributed by atoms with Crippen LogP contribution in [-0.4, -0.2) is 48.7 Å². The number of likely N-dealkylation sites (N-methyl/N-ethyl adjacent to an activating group) is 1. The van der Waals surface area contributed by atoms with Gasteiger partial charge in [0.1, 0.15) is 0 Å². The molecular formula is C24H27F3N4. The van der Waals surface area contributed by atoms with Crippen LogP contribution >= 0.6 is 0 Å². The van der Waals surface area contributed by atoms with E-state index in [2.05, 4.69) is 21.1 Å². The lowest BCUT2D eigenvalue weighted by atomic mass is 9.94. The predicted octanol–water partition coefficient (Wildman–Crippen LogP) is 5.63. The Morgan fingerprint density at radius 3 is 2.61 bits per heavy atom. The molecule has 0 amide bonds. The minimum atomic E-state index is -4.37. The highest BCUT2D eigenvalue weighted by atomic mass is 19.4. The number of nitrogens with zero attached hydrogens (tertiary/aromatic N) is 4. The average Bonchev–Trinajstić information content (AvgIpc) is 3.01. The number of aryl methyl sites for hydroxylation is 1. The minimum absolute atomic E-state index is 0.202. The van der Waals surface area contributed by atoms with E-state index in [1.807, 2.05) is 57.2 Å². The van der Waals surface area contributed by atoms with Gasteiger partial charge in [0.15, 0.2) is 0 Å². The van der Waals surface area contributed by atoms with Gasteiger partial charge in [-0.15, -0.1) is 0 Å². The smallest absolute Gasteiger partial charge is 0.299 e. The van der Waals surface area contributed by atoms with Crippen LogP contribution in [0.25, 0.3) is 10.9 Å². The van der Waals surface area contributed by atoms with Crippen molar-refractivity contribution in [3.8, 4) is 0 Å². The van der Waals surface area contributed by atoms with E-state index in [1.54, 1.807) is 6.08 Å². The quantitative estimate of drug-likeness (QED) is 0.636. The van der Waals surface area contributed by atoms with Gasteiger partial charge in [-0.25, -0.2) is 0 Å². The second-order valence-corrected chi connectivity index (χ2v) is 7.49. The molecule has 1 unspecified atom stereocenters. The number of benzene rings is 1. The fraction of sp³-hybridized carbons (Fsp3) is 0.375. The van der Waals surface area contributed by atoms with E-state index in [1.165, 1.54) is 17.9 Å². The summed E-state index contributed by atoms with van der Waals surface area (Å²) in [6.45, 7) is 6.42. The van der Waals surface area contributed by atoms with Crippen molar-refractivity contribution in [2.75, 3.05) is 20.1 Å². The molecule has 31 heavy (non-hydrogen) atoms. The molecule has 0 saturated carbocycles. The first kappa shape index (κ1) is 22.7. The van der Waals surface area contributed by atoms with Crippen LogP contribution in [0.5, 0.6) is 0 Å². The van der Waals surface area contributed by atoms with Crippen LogP contribution in [-0.2, 0) is 6.42 Å². The Kier molecular flexibility index (Phi) is 6.93. The molecule has 4 rings (SSSR count). The molecule has 0 aliphatic carbocycles. The number of alkyl halides is 3. The van der Waals surface area contributed by atoms with Crippen molar-refractivity contribution < 1.29 is 13.2 Å². The molecule has 2 aliphatic heterocycles. The lowest BCUT2D eigenvalue weighted by molar-refractivity contribution is -0.0921. The van der Waals surface area contributed by atoms with E-state index < -0.39 is 11.7 Å². The summed E-state index contributed by atoms with van der Waals surface area (Å²) in [7, 11) is 1.94. The summed E-state index contributed by atoms with van der Waals surface area (Å²) in [6.07, 6.45) is 2.26. The lowest BCUT2D eigenvalue weighted by Crippen LogP contribution is -2.14. The number of rotatable bonds is 3. The summed E-state index contributed by atoms with van der Waals surface area (Å²) in [4.78, 5) is 8.47. The minimum Gasteiger partial charge on any atom is -0.299 e. The number of pyridine rings is 1. The van der Waals surface area contributed by atoms with Gasteiger partial charge in [0.25, 0.3) is 0 Å². The van der Waals surface area contributed by atoms with E-state index in [-0.39, 0.29) is 12.5 Å². The molecule has 2 aromatic rings. The zero-order chi connectivity index (χ0) is 22.6. The molecule has 1 aromatic heterocycles. The second-order valence-electron chi connectivity index (χ2n) is 7.49. The van der Waals surface area contributed by atoms with Crippen molar-refractivity contribution in [2.45, 2.75) is 39.3 Å². The Labute approximate surface area is 180 Å². The maximum Gasteiger partial charge on any atom is 0.414 e. The number of aromatic nitrogens is 1. The number of hydrazone groups is 1. The van der Waals surface area contributed by atoms with Gasteiger partial charge in [0.05, 0.1) is 17.6 Å². The number of fused-ring (bicyclic) bond motifs is 1. The zero-order valence-corrected chi connectivity index (χ0v) is 18.2. The largest absolute Gasteiger partial charge is 0.414 e. The number of allylic oxidation sites excluding steroid dienone is 3. The van der Waals surface area contributed by atoms with Crippen LogP contribution in [0.15, 0.2) is 57.7 Å². The number of halogens is 3. The molecule has 0 spiro atoms. The summed E-state index contributed by atoms with van der Waals surface area (Å²) in [5.41, 5.74) is 3.80. The normalized spacial score (nSPS) is 18.4. The summed E-state index contributed by atoms with van der Waals surface area (Å²) in [5, 5.41) is 7.29. The number of hydrogen-bond donors (Lipinski definition) is 0. The van der Waals surface area contributed by atoms with Crippen molar-refractivity contribution in [1.29, 1.82) is 0 Å². The van der Waals surface area contributed by atoms with Gasteiger partial charge in [-0.05, 0) is 54.3 Å². The second kappa shape index (κ2) is 9.45. The molecule has 0 radical (unpaired) electrons. The lowest BCUT2D eigenvalue weighted by Gasteiger charge is -2.15. The average molecular weight is 429 g/mol. The monoisotopic (exact) mass is 428 g/mol. The molecule has 4 nitrogen and oxygen atoms in total. The molecule has 1 atom stereocenters. The van der Waals surface area contributed by atoms with Crippen LogP contribution in [0.2, 0.25) is 0 Å². The maximum absolute atomic E-state index is 13.1. The molecule has 1 aromatic carbocycles. The Bertz CT molecular complexity index is 1060. The van der Waals surface area contributed by atoms with Crippen LogP contribution < -0.4 is 0 Å². The molecule has 0 bridgehead atoms. The Balaban J connectivity index is 0.00000132. The molecule has 2 aliphatic rings. The molecular weight excluding hydrogens is 401 g/mol. The maximum atomic E-state index is 13.1. The van der Waals surface area contributed by atoms with Crippen molar-refractivity contribution >= 4 is 23.3 Å². The van der Waals surface area contributed by atoms with Gasteiger partial charge >= 0.3 is 6.18 Å². The molecule has 7 heteroatoms. The van der Waals surface area contributed by atoms with Gasteiger partial charge in [-0.3, -0.25) is 15.0 Å². The van der Waals surface area contributed by atoms with E-state index in [0.29, 0.717) is 12.0 Å². The van der Waals surface area contributed by atoms with Gasteiger partial charge in [-0.1, -0.05) is 26.0 Å². The van der Waals surface area contributed by atoms with Crippen molar-refractivity contribution in [3.63, 3.8) is 0 Å². The van der Waals surface area contributed by atoms with Crippen molar-refractivity contribution in [2.24, 2.45) is 10.1 Å². The first-order chi connectivity index (χ1) is 14.8. The Morgan fingerprint density at radius 2 is 1.94 bits per heavy atom. The predicted molar refractivity (Wildman–Crippen MR) is 121 cm³/mol. The Morgan fingerprint density at radius 1 is 1.16 bits per heavy atom. The van der Waals surface area contributed by atoms with Crippen LogP contribution in [0.4, 0.5) is 13.2 Å². The van der Waals surface area contributed by atoms with Crippen molar-refractivity contribution in [1.82, 2.24) is 9.99 Å². The molecule has 0 fully saturated rings.